The minimum Gasteiger partial charge on any atom is -0.388 e. The van der Waals surface area contributed by atoms with E-state index in [-0.39, 0.29) is 5.41 Å². The lowest BCUT2D eigenvalue weighted by molar-refractivity contribution is 0.0637. The molecule has 0 aromatic heterocycles. The summed E-state index contributed by atoms with van der Waals surface area (Å²) in [5, 5.41) is 13.5. The van der Waals surface area contributed by atoms with Crippen molar-refractivity contribution < 1.29 is 5.11 Å². The van der Waals surface area contributed by atoms with E-state index in [1.54, 1.807) is 0 Å². The minimum absolute atomic E-state index is 0.200. The molecular weight excluding hydrogens is 280 g/mol. The van der Waals surface area contributed by atoms with Gasteiger partial charge in [-0.2, -0.15) is 0 Å². The largest absolute Gasteiger partial charge is 0.388 e. The van der Waals surface area contributed by atoms with Crippen LogP contribution in [-0.2, 0) is 0 Å². The first kappa shape index (κ1) is 16.0. The first-order valence-electron chi connectivity index (χ1n) is 8.37. The molecule has 1 aliphatic rings. The van der Waals surface area contributed by atoms with Crippen LogP contribution in [0, 0.1) is 5.41 Å². The molecule has 0 radical (unpaired) electrons. The van der Waals surface area contributed by atoms with Crippen LogP contribution < -0.4 is 0 Å². The molecule has 1 heteroatoms. The average molecular weight is 306 g/mol. The van der Waals surface area contributed by atoms with E-state index < -0.39 is 6.10 Å². The summed E-state index contributed by atoms with van der Waals surface area (Å²) in [4.78, 5) is 0. The fourth-order valence-electron chi connectivity index (χ4n) is 3.40. The zero-order valence-corrected chi connectivity index (χ0v) is 14.8. The zero-order chi connectivity index (χ0) is 16.8. The summed E-state index contributed by atoms with van der Waals surface area (Å²) >= 11 is 0. The fourth-order valence-corrected chi connectivity index (χ4v) is 3.40. The van der Waals surface area contributed by atoms with Gasteiger partial charge >= 0.3 is 0 Å². The van der Waals surface area contributed by atoms with Crippen LogP contribution in [0.15, 0.2) is 53.6 Å². The molecule has 1 N–H and O–H groups in total. The van der Waals surface area contributed by atoms with E-state index in [1.807, 2.05) is 0 Å². The Morgan fingerprint density at radius 2 is 1.70 bits per heavy atom. The van der Waals surface area contributed by atoms with Crippen LogP contribution in [0.4, 0.5) is 0 Å². The van der Waals surface area contributed by atoms with Crippen molar-refractivity contribution in [2.45, 2.75) is 47.1 Å². The molecule has 0 bridgehead atoms. The fraction of sp³-hybridized carbons (Fsp3) is 0.364. The first-order valence-corrected chi connectivity index (χ1v) is 8.37. The summed E-state index contributed by atoms with van der Waals surface area (Å²) in [5.74, 6) is 0. The number of fused-ring (bicyclic) bond motifs is 1. The molecule has 0 aliphatic heterocycles. The second-order valence-electron chi connectivity index (χ2n) is 7.71. The quantitative estimate of drug-likeness (QED) is 0.716. The number of benzene rings is 2. The summed E-state index contributed by atoms with van der Waals surface area (Å²) in [6, 6.07) is 12.7. The van der Waals surface area contributed by atoms with Gasteiger partial charge in [0, 0.05) is 0 Å². The maximum atomic E-state index is 11.1. The summed E-state index contributed by atoms with van der Waals surface area (Å²) in [6.45, 7) is 10.7. The summed E-state index contributed by atoms with van der Waals surface area (Å²) in [6.07, 6.45) is 2.75. The molecule has 1 atom stereocenters. The average Bonchev–Trinajstić information content (AvgIpc) is 2.84. The molecule has 2 aromatic carbocycles. The van der Waals surface area contributed by atoms with Crippen molar-refractivity contribution in [2.24, 2.45) is 5.41 Å². The van der Waals surface area contributed by atoms with Gasteiger partial charge in [0.1, 0.15) is 0 Å². The maximum Gasteiger partial charge on any atom is 0.0850 e. The molecule has 120 valence electrons. The Balaban J connectivity index is 2.31. The van der Waals surface area contributed by atoms with E-state index in [1.165, 1.54) is 27.7 Å². The van der Waals surface area contributed by atoms with Gasteiger partial charge < -0.3 is 5.11 Å². The first-order chi connectivity index (χ1) is 10.8. The lowest BCUT2D eigenvalue weighted by Gasteiger charge is -2.30. The Morgan fingerprint density at radius 1 is 1.00 bits per heavy atom. The van der Waals surface area contributed by atoms with Crippen molar-refractivity contribution in [1.29, 1.82) is 0 Å². The van der Waals surface area contributed by atoms with E-state index >= 15 is 0 Å². The Hall–Kier alpha value is -1.86. The van der Waals surface area contributed by atoms with Gasteiger partial charge in [0.05, 0.1) is 6.10 Å². The predicted octanol–water partition coefficient (Wildman–Crippen LogP) is 6.04. The number of hydrogen-bond donors (Lipinski definition) is 1. The van der Waals surface area contributed by atoms with Gasteiger partial charge in [-0.05, 0) is 58.7 Å². The van der Waals surface area contributed by atoms with E-state index in [0.29, 0.717) is 0 Å². The molecule has 3 rings (SSSR count). The second kappa shape index (κ2) is 5.65. The molecule has 2 aromatic rings. The number of rotatable bonds is 2. The number of allylic oxidation sites excluding steroid dienone is 4. The number of aliphatic hydroxyl groups is 1. The topological polar surface area (TPSA) is 20.2 Å². The Morgan fingerprint density at radius 3 is 2.30 bits per heavy atom. The highest BCUT2D eigenvalue weighted by molar-refractivity contribution is 5.92. The molecule has 0 saturated carbocycles. The molecular formula is C22H26O. The monoisotopic (exact) mass is 306 g/mol. The van der Waals surface area contributed by atoms with Crippen molar-refractivity contribution in [3.05, 3.63) is 64.7 Å². The highest BCUT2D eigenvalue weighted by Gasteiger charge is 2.29. The van der Waals surface area contributed by atoms with Crippen molar-refractivity contribution >= 4 is 16.3 Å². The van der Waals surface area contributed by atoms with Gasteiger partial charge in [0.15, 0.2) is 0 Å². The summed E-state index contributed by atoms with van der Waals surface area (Å²) in [7, 11) is 0. The third-order valence-electron chi connectivity index (χ3n) is 5.05. The molecule has 1 nitrogen and oxygen atoms in total. The highest BCUT2D eigenvalue weighted by atomic mass is 16.3. The van der Waals surface area contributed by atoms with Crippen molar-refractivity contribution in [3.8, 4) is 0 Å². The van der Waals surface area contributed by atoms with Crippen molar-refractivity contribution in [1.82, 2.24) is 0 Å². The SMILES string of the molecule is CC1=CCC(c2ccc3ccccc3c2C(O)C(C)(C)C)=C1C. The zero-order valence-electron chi connectivity index (χ0n) is 14.8. The van der Waals surface area contributed by atoms with Gasteiger partial charge in [-0.25, -0.2) is 0 Å². The van der Waals surface area contributed by atoms with Crippen molar-refractivity contribution in [3.63, 3.8) is 0 Å². The Labute approximate surface area is 139 Å². The molecule has 0 amide bonds. The third-order valence-corrected chi connectivity index (χ3v) is 5.05. The normalized spacial score (nSPS) is 16.9. The maximum absolute atomic E-state index is 11.1. The molecule has 1 aliphatic carbocycles. The van der Waals surface area contributed by atoms with Crippen LogP contribution in [-0.4, -0.2) is 5.11 Å². The number of aliphatic hydroxyl groups excluding tert-OH is 1. The standard InChI is InChI=1S/C22H26O/c1-14-10-12-17(15(14)2)19-13-11-16-8-6-7-9-18(16)20(19)21(23)22(3,4)5/h6-11,13,21,23H,12H2,1-5H3. The highest BCUT2D eigenvalue weighted by Crippen LogP contribution is 2.43. The Bertz CT molecular complexity index is 815. The molecule has 0 spiro atoms. The summed E-state index contributed by atoms with van der Waals surface area (Å²) in [5.41, 5.74) is 6.14. The van der Waals surface area contributed by atoms with E-state index in [2.05, 4.69) is 77.1 Å². The van der Waals surface area contributed by atoms with Crippen LogP contribution >= 0.6 is 0 Å². The van der Waals surface area contributed by atoms with Gasteiger partial charge in [0.2, 0.25) is 0 Å². The molecule has 0 fully saturated rings. The van der Waals surface area contributed by atoms with Gasteiger partial charge in [-0.1, -0.05) is 68.8 Å². The minimum atomic E-state index is -0.496. The van der Waals surface area contributed by atoms with Crippen molar-refractivity contribution in [2.75, 3.05) is 0 Å². The van der Waals surface area contributed by atoms with Gasteiger partial charge in [-0.15, -0.1) is 0 Å². The molecule has 23 heavy (non-hydrogen) atoms. The van der Waals surface area contributed by atoms with Crippen LogP contribution in [0.25, 0.3) is 16.3 Å². The molecule has 0 heterocycles. The smallest absolute Gasteiger partial charge is 0.0850 e. The third kappa shape index (κ3) is 2.74. The lowest BCUT2D eigenvalue weighted by atomic mass is 9.79. The van der Waals surface area contributed by atoms with E-state index in [9.17, 15) is 5.11 Å². The van der Waals surface area contributed by atoms with Crippen LogP contribution in [0.5, 0.6) is 0 Å². The van der Waals surface area contributed by atoms with Gasteiger partial charge in [0.25, 0.3) is 0 Å². The van der Waals surface area contributed by atoms with E-state index in [0.717, 1.165) is 17.4 Å². The lowest BCUT2D eigenvalue weighted by Crippen LogP contribution is -2.19. The van der Waals surface area contributed by atoms with Crippen LogP contribution in [0.1, 0.15) is 58.3 Å². The van der Waals surface area contributed by atoms with Crippen LogP contribution in [0.2, 0.25) is 0 Å². The number of hydrogen-bond acceptors (Lipinski definition) is 1. The summed E-state index contributed by atoms with van der Waals surface area (Å²) < 4.78 is 0. The second-order valence-corrected chi connectivity index (χ2v) is 7.71. The predicted molar refractivity (Wildman–Crippen MR) is 99.3 cm³/mol. The van der Waals surface area contributed by atoms with Gasteiger partial charge in [-0.3, -0.25) is 0 Å². The van der Waals surface area contributed by atoms with E-state index in [4.69, 9.17) is 0 Å². The molecule has 0 saturated heterocycles. The Kier molecular flexibility index (Phi) is 3.93. The van der Waals surface area contributed by atoms with Crippen LogP contribution in [0.3, 0.4) is 0 Å². The molecule has 1 unspecified atom stereocenters.